The van der Waals surface area contributed by atoms with Crippen LogP contribution in [0.15, 0.2) is 53.6 Å². The molecule has 23 heavy (non-hydrogen) atoms. The smallest absolute Gasteiger partial charge is 0.265 e. The van der Waals surface area contributed by atoms with Crippen molar-refractivity contribution in [2.24, 2.45) is 0 Å². The van der Waals surface area contributed by atoms with Crippen molar-refractivity contribution in [2.45, 2.75) is 4.90 Å². The maximum Gasteiger partial charge on any atom is 0.265 e. The molecule has 0 spiro atoms. The second-order valence-electron chi connectivity index (χ2n) is 4.87. The van der Waals surface area contributed by atoms with Crippen LogP contribution < -0.4 is 14.2 Å². The number of hydrogen-bond acceptors (Lipinski definition) is 4. The summed E-state index contributed by atoms with van der Waals surface area (Å²) < 4.78 is 38.4. The topological polar surface area (TPSA) is 80.4 Å². The van der Waals surface area contributed by atoms with Crippen LogP contribution >= 0.6 is 0 Å². The minimum atomic E-state index is -3.83. The first-order chi connectivity index (χ1) is 11.0. The van der Waals surface area contributed by atoms with Crippen molar-refractivity contribution in [3.05, 3.63) is 48.7 Å². The molecule has 3 rings (SSSR count). The van der Waals surface area contributed by atoms with Gasteiger partial charge in [-0.15, -0.1) is 0 Å². The summed E-state index contributed by atoms with van der Waals surface area (Å²) in [6.07, 6.45) is 1.76. The van der Waals surface area contributed by atoms with Gasteiger partial charge in [-0.2, -0.15) is 0 Å². The lowest BCUT2D eigenvalue weighted by Gasteiger charge is -2.13. The van der Waals surface area contributed by atoms with Gasteiger partial charge in [-0.1, -0.05) is 6.07 Å². The number of nitrogens with one attached hydrogen (secondary N) is 2. The fourth-order valence-corrected chi connectivity index (χ4v) is 3.63. The van der Waals surface area contributed by atoms with Gasteiger partial charge in [-0.3, -0.25) is 4.72 Å². The molecule has 120 valence electrons. The number of aromatic nitrogens is 1. The fourth-order valence-electron chi connectivity index (χ4n) is 2.37. The van der Waals surface area contributed by atoms with Crippen LogP contribution in [0.25, 0.3) is 10.9 Å². The molecule has 3 aromatic rings. The Morgan fingerprint density at radius 2 is 1.87 bits per heavy atom. The molecular weight excluding hydrogens is 316 g/mol. The van der Waals surface area contributed by atoms with Gasteiger partial charge in [0.15, 0.2) is 0 Å². The number of aromatic amines is 1. The van der Waals surface area contributed by atoms with E-state index >= 15 is 0 Å². The van der Waals surface area contributed by atoms with Crippen molar-refractivity contribution in [1.29, 1.82) is 0 Å². The minimum absolute atomic E-state index is 0.0203. The minimum Gasteiger partial charge on any atom is -0.497 e. The van der Waals surface area contributed by atoms with Crippen LogP contribution in [0.4, 0.5) is 5.69 Å². The maximum absolute atomic E-state index is 12.8. The van der Waals surface area contributed by atoms with Crippen LogP contribution in [0.2, 0.25) is 0 Å². The van der Waals surface area contributed by atoms with Gasteiger partial charge in [0.05, 0.1) is 19.9 Å². The zero-order valence-electron chi connectivity index (χ0n) is 12.7. The van der Waals surface area contributed by atoms with Gasteiger partial charge in [0.25, 0.3) is 10.0 Å². The van der Waals surface area contributed by atoms with Gasteiger partial charge in [0.2, 0.25) is 0 Å². The average molecular weight is 332 g/mol. The summed E-state index contributed by atoms with van der Waals surface area (Å²) in [6.45, 7) is 0. The average Bonchev–Trinajstić information content (AvgIpc) is 3.03. The number of fused-ring (bicyclic) bond motifs is 1. The highest BCUT2D eigenvalue weighted by Gasteiger charge is 2.21. The molecule has 2 aromatic carbocycles. The van der Waals surface area contributed by atoms with Crippen LogP contribution in [0.1, 0.15) is 0 Å². The van der Waals surface area contributed by atoms with Crippen LogP contribution in [0.5, 0.6) is 11.5 Å². The van der Waals surface area contributed by atoms with Crippen molar-refractivity contribution >= 4 is 26.6 Å². The summed E-state index contributed by atoms with van der Waals surface area (Å²) >= 11 is 0. The molecule has 0 bridgehead atoms. The van der Waals surface area contributed by atoms with Crippen molar-refractivity contribution in [3.63, 3.8) is 0 Å². The van der Waals surface area contributed by atoms with E-state index in [4.69, 9.17) is 9.47 Å². The van der Waals surface area contributed by atoms with E-state index in [9.17, 15) is 8.42 Å². The Hall–Kier alpha value is -2.67. The maximum atomic E-state index is 12.8. The summed E-state index contributed by atoms with van der Waals surface area (Å²) in [4.78, 5) is 3.07. The molecule has 0 saturated carbocycles. The Labute approximate surface area is 134 Å². The van der Waals surface area contributed by atoms with Gasteiger partial charge in [-0.05, 0) is 30.3 Å². The Morgan fingerprint density at radius 3 is 2.61 bits per heavy atom. The first kappa shape index (κ1) is 15.2. The highest BCUT2D eigenvalue weighted by Crippen LogP contribution is 2.31. The molecule has 0 fully saturated rings. The summed E-state index contributed by atoms with van der Waals surface area (Å²) in [5, 5.41) is 0.790. The lowest BCUT2D eigenvalue weighted by Crippen LogP contribution is -2.14. The number of benzene rings is 2. The van der Waals surface area contributed by atoms with Crippen molar-refractivity contribution < 1.29 is 17.9 Å². The Morgan fingerprint density at radius 1 is 1.04 bits per heavy atom. The predicted molar refractivity (Wildman–Crippen MR) is 88.7 cm³/mol. The normalized spacial score (nSPS) is 11.4. The highest BCUT2D eigenvalue weighted by molar-refractivity contribution is 7.92. The fraction of sp³-hybridized carbons (Fsp3) is 0.125. The van der Waals surface area contributed by atoms with Gasteiger partial charge >= 0.3 is 0 Å². The van der Waals surface area contributed by atoms with E-state index in [1.807, 2.05) is 12.1 Å². The number of anilines is 1. The first-order valence-corrected chi connectivity index (χ1v) is 8.34. The molecule has 0 saturated heterocycles. The molecule has 0 radical (unpaired) electrons. The van der Waals surface area contributed by atoms with Crippen LogP contribution in [-0.4, -0.2) is 27.6 Å². The number of sulfonamides is 1. The third-order valence-electron chi connectivity index (χ3n) is 3.50. The molecule has 7 heteroatoms. The molecule has 1 aromatic heterocycles. The van der Waals surface area contributed by atoms with Crippen LogP contribution in [-0.2, 0) is 10.0 Å². The molecule has 6 nitrogen and oxygen atoms in total. The zero-order valence-corrected chi connectivity index (χ0v) is 13.5. The Kier molecular flexibility index (Phi) is 3.87. The molecule has 0 amide bonds. The van der Waals surface area contributed by atoms with Crippen molar-refractivity contribution in [1.82, 2.24) is 4.98 Å². The van der Waals surface area contributed by atoms with E-state index in [0.29, 0.717) is 11.4 Å². The largest absolute Gasteiger partial charge is 0.497 e. The Balaban J connectivity index is 2.07. The second-order valence-corrected chi connectivity index (χ2v) is 6.52. The molecule has 0 aliphatic heterocycles. The highest BCUT2D eigenvalue weighted by atomic mass is 32.2. The lowest BCUT2D eigenvalue weighted by atomic mass is 10.2. The predicted octanol–water partition coefficient (Wildman–Crippen LogP) is 2.99. The molecule has 0 aliphatic carbocycles. The number of ether oxygens (including phenoxy) is 2. The molecule has 0 unspecified atom stereocenters. The van der Waals surface area contributed by atoms with Gasteiger partial charge in [-0.25, -0.2) is 8.42 Å². The van der Waals surface area contributed by atoms with Gasteiger partial charge < -0.3 is 14.5 Å². The number of H-pyrrole nitrogens is 1. The van der Waals surface area contributed by atoms with Crippen molar-refractivity contribution in [3.8, 4) is 11.5 Å². The SMILES string of the molecule is COc1ccc(OC)c(S(=O)(=O)Nc2cccc3[nH]ccc23)c1. The summed E-state index contributed by atoms with van der Waals surface area (Å²) in [7, 11) is -0.924. The monoisotopic (exact) mass is 332 g/mol. The number of hydrogen-bond donors (Lipinski definition) is 2. The van der Waals surface area contributed by atoms with Crippen LogP contribution in [0.3, 0.4) is 0 Å². The van der Waals surface area contributed by atoms with E-state index in [0.717, 1.165) is 10.9 Å². The van der Waals surface area contributed by atoms with Crippen molar-refractivity contribution in [2.75, 3.05) is 18.9 Å². The zero-order chi connectivity index (χ0) is 16.4. The van der Waals surface area contributed by atoms with E-state index < -0.39 is 10.0 Å². The molecule has 0 aliphatic rings. The number of methoxy groups -OCH3 is 2. The third-order valence-corrected chi connectivity index (χ3v) is 4.89. The molecule has 2 N–H and O–H groups in total. The molecular formula is C16H16N2O4S. The van der Waals surface area contributed by atoms with Gasteiger partial charge in [0.1, 0.15) is 16.4 Å². The summed E-state index contributed by atoms with van der Waals surface area (Å²) in [5.74, 6) is 0.686. The van der Waals surface area contributed by atoms with E-state index in [1.165, 1.54) is 20.3 Å². The summed E-state index contributed by atoms with van der Waals surface area (Å²) in [6, 6.07) is 11.8. The molecule has 0 atom stereocenters. The van der Waals surface area contributed by atoms with Crippen LogP contribution in [0, 0.1) is 0 Å². The summed E-state index contributed by atoms with van der Waals surface area (Å²) in [5.41, 5.74) is 1.34. The lowest BCUT2D eigenvalue weighted by molar-refractivity contribution is 0.392. The first-order valence-electron chi connectivity index (χ1n) is 6.86. The van der Waals surface area contributed by atoms with E-state index in [-0.39, 0.29) is 10.6 Å². The van der Waals surface area contributed by atoms with E-state index in [2.05, 4.69) is 9.71 Å². The molecule has 1 heterocycles. The second kappa shape index (κ2) is 5.85. The number of rotatable bonds is 5. The quantitative estimate of drug-likeness (QED) is 0.753. The van der Waals surface area contributed by atoms with Gasteiger partial charge in [0, 0.05) is 23.2 Å². The Bertz CT molecular complexity index is 948. The third kappa shape index (κ3) is 2.83. The van der Waals surface area contributed by atoms with E-state index in [1.54, 1.807) is 30.5 Å². The standard InChI is InChI=1S/C16H16N2O4S/c1-21-11-6-7-15(22-2)16(10-11)23(19,20)18-14-5-3-4-13-12(14)8-9-17-13/h3-10,17-18H,1-2H3.